The van der Waals surface area contributed by atoms with Gasteiger partial charge >= 0.3 is 6.18 Å². The minimum Gasteiger partial charge on any atom is -0.381 e. The molecule has 1 aromatic carbocycles. The summed E-state index contributed by atoms with van der Waals surface area (Å²) in [5, 5.41) is 1.36. The van der Waals surface area contributed by atoms with Gasteiger partial charge in [0, 0.05) is 25.1 Å². The number of hydrogen-bond acceptors (Lipinski definition) is 5. The molecule has 1 atom stereocenters. The number of benzene rings is 1. The van der Waals surface area contributed by atoms with Crippen molar-refractivity contribution in [1.82, 2.24) is 5.06 Å². The normalized spacial score (nSPS) is 33.8. The van der Waals surface area contributed by atoms with Crippen molar-refractivity contribution in [3.05, 3.63) is 34.9 Å². The van der Waals surface area contributed by atoms with Crippen molar-refractivity contribution in [3.63, 3.8) is 0 Å². The van der Waals surface area contributed by atoms with Crippen LogP contribution in [-0.4, -0.2) is 31.3 Å². The van der Waals surface area contributed by atoms with Crippen molar-refractivity contribution in [2.45, 2.75) is 50.1 Å². The second-order valence-electron chi connectivity index (χ2n) is 7.46. The van der Waals surface area contributed by atoms with Crippen molar-refractivity contribution in [2.75, 3.05) is 14.2 Å². The molecule has 2 spiro atoms. The molecule has 3 aliphatic rings. The first-order valence-corrected chi connectivity index (χ1v) is 8.72. The maximum atomic E-state index is 13.3. The summed E-state index contributed by atoms with van der Waals surface area (Å²) >= 11 is 0. The van der Waals surface area contributed by atoms with Crippen LogP contribution in [-0.2, 0) is 27.9 Å². The monoisotopic (exact) mass is 369 g/mol. The van der Waals surface area contributed by atoms with E-state index in [0.29, 0.717) is 12.0 Å². The van der Waals surface area contributed by atoms with E-state index < -0.39 is 22.9 Å². The first-order valence-electron chi connectivity index (χ1n) is 8.72. The summed E-state index contributed by atoms with van der Waals surface area (Å²) in [7, 11) is 3.32. The lowest BCUT2D eigenvalue weighted by Gasteiger charge is -2.45. The molecule has 2 N–H and O–H groups in total. The second-order valence-corrected chi connectivity index (χ2v) is 7.46. The molecule has 0 saturated heterocycles. The van der Waals surface area contributed by atoms with Crippen LogP contribution in [0.15, 0.2) is 23.2 Å². The van der Waals surface area contributed by atoms with E-state index in [9.17, 15) is 13.2 Å². The highest BCUT2D eigenvalue weighted by molar-refractivity contribution is 5.79. The zero-order valence-electron chi connectivity index (χ0n) is 14.8. The molecule has 0 amide bonds. The third kappa shape index (κ3) is 2.35. The number of rotatable bonds is 1. The average molecular weight is 369 g/mol. The quantitative estimate of drug-likeness (QED) is 0.826. The molecule has 2 aliphatic carbocycles. The van der Waals surface area contributed by atoms with Crippen LogP contribution in [0.4, 0.5) is 13.2 Å². The molecule has 0 bridgehead atoms. The number of nitrogens with zero attached hydrogens (tertiary/aromatic N) is 2. The molecular formula is C18H22F3N3O2. The Labute approximate surface area is 149 Å². The van der Waals surface area contributed by atoms with Gasteiger partial charge in [0.05, 0.1) is 11.7 Å². The molecule has 0 radical (unpaired) electrons. The predicted molar refractivity (Wildman–Crippen MR) is 89.0 cm³/mol. The third-order valence-corrected chi connectivity index (χ3v) is 6.14. The highest BCUT2D eigenvalue weighted by Crippen LogP contribution is 2.62. The molecule has 5 nitrogen and oxygen atoms in total. The van der Waals surface area contributed by atoms with Gasteiger partial charge < -0.3 is 10.5 Å². The van der Waals surface area contributed by atoms with Gasteiger partial charge in [-0.3, -0.25) is 0 Å². The topological polar surface area (TPSA) is 60.1 Å². The highest BCUT2D eigenvalue weighted by atomic mass is 19.4. The number of aliphatic imine (C=N–C) groups is 1. The Hall–Kier alpha value is -1.80. The number of hydrogen-bond donors (Lipinski definition) is 1. The molecule has 142 valence electrons. The summed E-state index contributed by atoms with van der Waals surface area (Å²) in [4.78, 5) is 10.7. The largest absolute Gasteiger partial charge is 0.416 e. The molecule has 1 saturated carbocycles. The lowest BCUT2D eigenvalue weighted by molar-refractivity contribution is -0.232. The minimum absolute atomic E-state index is 0.160. The maximum Gasteiger partial charge on any atom is 0.416 e. The van der Waals surface area contributed by atoms with Gasteiger partial charge in [-0.1, -0.05) is 6.07 Å². The number of nitrogens with two attached hydrogens (primary N) is 1. The summed E-state index contributed by atoms with van der Waals surface area (Å²) in [5.74, 6) is 0.184. The van der Waals surface area contributed by atoms with Gasteiger partial charge in [-0.15, -0.1) is 0 Å². The molecular weight excluding hydrogens is 347 g/mol. The zero-order valence-corrected chi connectivity index (χ0v) is 14.8. The van der Waals surface area contributed by atoms with Gasteiger partial charge in [-0.2, -0.15) is 13.2 Å². The van der Waals surface area contributed by atoms with E-state index in [2.05, 4.69) is 4.99 Å². The van der Waals surface area contributed by atoms with Crippen molar-refractivity contribution >= 4 is 5.96 Å². The lowest BCUT2D eigenvalue weighted by Crippen LogP contribution is -2.46. The fraction of sp³-hybridized carbons (Fsp3) is 0.611. The Balaban J connectivity index is 1.83. The van der Waals surface area contributed by atoms with Gasteiger partial charge in [-0.25, -0.2) is 14.9 Å². The van der Waals surface area contributed by atoms with Gasteiger partial charge in [0.25, 0.3) is 0 Å². The van der Waals surface area contributed by atoms with Crippen LogP contribution in [0.25, 0.3) is 0 Å². The van der Waals surface area contributed by atoms with E-state index in [1.54, 1.807) is 20.2 Å². The Bertz CT molecular complexity index is 757. The van der Waals surface area contributed by atoms with E-state index in [1.807, 2.05) is 0 Å². The molecule has 0 aromatic heterocycles. The van der Waals surface area contributed by atoms with Gasteiger partial charge in [-0.05, 0) is 49.8 Å². The van der Waals surface area contributed by atoms with E-state index in [0.717, 1.165) is 37.3 Å². The predicted octanol–water partition coefficient (Wildman–Crippen LogP) is 3.18. The van der Waals surface area contributed by atoms with Gasteiger partial charge in [0.1, 0.15) is 0 Å². The molecule has 4 rings (SSSR count). The van der Waals surface area contributed by atoms with E-state index in [-0.39, 0.29) is 12.1 Å². The van der Waals surface area contributed by atoms with Crippen LogP contribution in [0.1, 0.15) is 42.4 Å². The Morgan fingerprint density at radius 1 is 1.31 bits per heavy atom. The second kappa shape index (κ2) is 5.60. The average Bonchev–Trinajstić information content (AvgIpc) is 3.03. The number of guanidine groups is 1. The number of halogens is 3. The third-order valence-electron chi connectivity index (χ3n) is 6.14. The Kier molecular flexibility index (Phi) is 3.79. The van der Waals surface area contributed by atoms with Crippen molar-refractivity contribution < 1.29 is 22.7 Å². The Morgan fingerprint density at radius 3 is 2.54 bits per heavy atom. The fourth-order valence-electron chi connectivity index (χ4n) is 4.71. The van der Waals surface area contributed by atoms with E-state index in [4.69, 9.17) is 15.3 Å². The van der Waals surface area contributed by atoms with Crippen LogP contribution in [0.3, 0.4) is 0 Å². The summed E-state index contributed by atoms with van der Waals surface area (Å²) in [6.07, 6.45) is -0.478. The number of hydroxylamine groups is 2. The smallest absolute Gasteiger partial charge is 0.381 e. The number of methoxy groups -OCH3 is 1. The first-order chi connectivity index (χ1) is 12.2. The number of alkyl halides is 3. The molecule has 1 unspecified atom stereocenters. The summed E-state index contributed by atoms with van der Waals surface area (Å²) in [5.41, 5.74) is 5.00. The summed E-state index contributed by atoms with van der Waals surface area (Å²) in [6, 6.07) is 3.88. The van der Waals surface area contributed by atoms with Crippen LogP contribution < -0.4 is 5.73 Å². The lowest BCUT2D eigenvalue weighted by atomic mass is 9.66. The van der Waals surface area contributed by atoms with E-state index >= 15 is 0 Å². The fourth-order valence-corrected chi connectivity index (χ4v) is 4.71. The summed E-state index contributed by atoms with van der Waals surface area (Å²) in [6.45, 7) is 0. The highest BCUT2D eigenvalue weighted by Gasteiger charge is 2.63. The van der Waals surface area contributed by atoms with Crippen LogP contribution >= 0.6 is 0 Å². The van der Waals surface area contributed by atoms with Crippen LogP contribution in [0.2, 0.25) is 0 Å². The van der Waals surface area contributed by atoms with Crippen molar-refractivity contribution in [2.24, 2.45) is 16.1 Å². The van der Waals surface area contributed by atoms with Crippen LogP contribution in [0.5, 0.6) is 0 Å². The molecule has 1 heterocycles. The summed E-state index contributed by atoms with van der Waals surface area (Å²) < 4.78 is 45.3. The Morgan fingerprint density at radius 2 is 2.00 bits per heavy atom. The first kappa shape index (κ1) is 17.6. The molecule has 8 heteroatoms. The van der Waals surface area contributed by atoms with Gasteiger partial charge in [0.15, 0.2) is 0 Å². The number of ether oxygens (including phenoxy) is 1. The van der Waals surface area contributed by atoms with Crippen molar-refractivity contribution in [1.29, 1.82) is 0 Å². The maximum absolute atomic E-state index is 13.3. The molecule has 1 aliphatic heterocycles. The zero-order chi connectivity index (χ0) is 18.7. The SMILES string of the molecule is COC1CCC2(CC1)Cc1ccc(C(F)(F)F)cc1C21N=C(N)N(C)O1. The minimum atomic E-state index is -4.42. The molecule has 1 fully saturated rings. The number of fused-ring (bicyclic) bond motifs is 3. The van der Waals surface area contributed by atoms with Gasteiger partial charge in [0.2, 0.25) is 11.7 Å². The van der Waals surface area contributed by atoms with Crippen LogP contribution in [0, 0.1) is 5.41 Å². The standard InChI is InChI=1S/C18H22F3N3O2/c1-24-15(22)23-17(26-24)14-9-12(18(19,20)21)4-3-11(14)10-16(17)7-5-13(25-2)6-8-16/h3-4,9,13H,5-8,10H2,1-2H3,(H2,22,23). The van der Waals surface area contributed by atoms with Crippen molar-refractivity contribution in [3.8, 4) is 0 Å². The molecule has 26 heavy (non-hydrogen) atoms. The molecule has 1 aromatic rings. The van der Waals surface area contributed by atoms with E-state index in [1.165, 1.54) is 11.1 Å².